The predicted molar refractivity (Wildman–Crippen MR) is 116 cm³/mol. The van der Waals surface area contributed by atoms with Gasteiger partial charge >= 0.3 is 0 Å². The average molecular weight is 409 g/mol. The summed E-state index contributed by atoms with van der Waals surface area (Å²) < 4.78 is 6.75. The molecule has 0 aliphatic carbocycles. The molecule has 2 aliphatic rings. The maximum atomic E-state index is 12.9. The number of hydrogen-bond donors (Lipinski definition) is 1. The second-order valence-corrected chi connectivity index (χ2v) is 8.68. The van der Waals surface area contributed by atoms with E-state index in [1.165, 1.54) is 0 Å². The third-order valence-electron chi connectivity index (χ3n) is 5.68. The number of fused-ring (bicyclic) bond motifs is 2. The van der Waals surface area contributed by atoms with Gasteiger partial charge in [0.05, 0.1) is 22.9 Å². The van der Waals surface area contributed by atoms with Gasteiger partial charge in [-0.15, -0.1) is 0 Å². The largest absolute Gasteiger partial charge is 0.493 e. The molecule has 29 heavy (non-hydrogen) atoms. The zero-order valence-electron chi connectivity index (χ0n) is 16.4. The molecule has 3 aromatic rings. The van der Waals surface area contributed by atoms with Crippen LogP contribution in [0.25, 0.3) is 10.2 Å². The number of hydrogen-bond acceptors (Lipinski definition) is 6. The number of rotatable bonds is 3. The van der Waals surface area contributed by atoms with Crippen LogP contribution >= 0.6 is 11.3 Å². The first-order chi connectivity index (χ1) is 14.2. The SMILES string of the molecule is CN1CCN(c2nc3ccc(C(=O)NC4CCOc5ccccc54)cc3s2)CC1. The number of ether oxygens (including phenoxy) is 1. The molecule has 1 fully saturated rings. The molecule has 1 unspecified atom stereocenters. The highest BCUT2D eigenvalue weighted by atomic mass is 32.1. The van der Waals surface area contributed by atoms with Crippen LogP contribution in [-0.2, 0) is 0 Å². The first-order valence-electron chi connectivity index (χ1n) is 10.0. The van der Waals surface area contributed by atoms with Gasteiger partial charge in [0.15, 0.2) is 5.13 Å². The van der Waals surface area contributed by atoms with Crippen LogP contribution in [0.5, 0.6) is 5.75 Å². The van der Waals surface area contributed by atoms with Gasteiger partial charge in [0.25, 0.3) is 5.91 Å². The van der Waals surface area contributed by atoms with Crippen molar-refractivity contribution in [1.82, 2.24) is 15.2 Å². The summed E-state index contributed by atoms with van der Waals surface area (Å²) in [5.41, 5.74) is 2.68. The van der Waals surface area contributed by atoms with Gasteiger partial charge in [0, 0.05) is 43.7 Å². The van der Waals surface area contributed by atoms with Crippen molar-refractivity contribution in [3.63, 3.8) is 0 Å². The molecular weight excluding hydrogens is 384 g/mol. The van der Waals surface area contributed by atoms with Crippen LogP contribution in [0.4, 0.5) is 5.13 Å². The molecule has 0 spiro atoms. The Hall–Kier alpha value is -2.64. The fraction of sp³-hybridized carbons (Fsp3) is 0.364. The van der Waals surface area contributed by atoms with Gasteiger partial charge < -0.3 is 19.9 Å². The zero-order chi connectivity index (χ0) is 19.8. The van der Waals surface area contributed by atoms with Gasteiger partial charge in [-0.25, -0.2) is 4.98 Å². The first kappa shape index (κ1) is 18.4. The minimum Gasteiger partial charge on any atom is -0.493 e. The second-order valence-electron chi connectivity index (χ2n) is 7.67. The van der Waals surface area contributed by atoms with E-state index in [4.69, 9.17) is 9.72 Å². The van der Waals surface area contributed by atoms with E-state index in [1.54, 1.807) is 11.3 Å². The van der Waals surface area contributed by atoms with Crippen molar-refractivity contribution in [2.75, 3.05) is 44.7 Å². The number of thiazole rings is 1. The zero-order valence-corrected chi connectivity index (χ0v) is 17.2. The van der Waals surface area contributed by atoms with E-state index >= 15 is 0 Å². The lowest BCUT2D eigenvalue weighted by Gasteiger charge is -2.32. The Kier molecular flexibility index (Phi) is 4.85. The number of anilines is 1. The quantitative estimate of drug-likeness (QED) is 0.721. The molecule has 6 nitrogen and oxygen atoms in total. The van der Waals surface area contributed by atoms with Gasteiger partial charge in [-0.1, -0.05) is 29.5 Å². The third-order valence-corrected chi connectivity index (χ3v) is 6.76. The molecule has 2 aliphatic heterocycles. The lowest BCUT2D eigenvalue weighted by Crippen LogP contribution is -2.44. The van der Waals surface area contributed by atoms with Crippen LogP contribution in [-0.4, -0.2) is 55.6 Å². The van der Waals surface area contributed by atoms with E-state index < -0.39 is 0 Å². The summed E-state index contributed by atoms with van der Waals surface area (Å²) in [6, 6.07) is 13.7. The standard InChI is InChI=1S/C22H24N4O2S/c1-25-9-11-26(12-10-25)22-24-18-7-6-15(14-20(18)29-22)21(27)23-17-8-13-28-19-5-3-2-4-16(17)19/h2-7,14,17H,8-13H2,1H3,(H,23,27). The molecule has 0 saturated carbocycles. The fourth-order valence-corrected chi connectivity index (χ4v) is 4.98. The molecular formula is C22H24N4O2S. The molecule has 7 heteroatoms. The van der Waals surface area contributed by atoms with Crippen LogP contribution in [0.3, 0.4) is 0 Å². The van der Waals surface area contributed by atoms with Crippen molar-refractivity contribution in [2.45, 2.75) is 12.5 Å². The van der Waals surface area contributed by atoms with Crippen molar-refractivity contribution >= 4 is 32.6 Å². The lowest BCUT2D eigenvalue weighted by molar-refractivity contribution is 0.0925. The Bertz CT molecular complexity index is 1040. The highest BCUT2D eigenvalue weighted by molar-refractivity contribution is 7.22. The minimum atomic E-state index is -0.0526. The Balaban J connectivity index is 1.35. The summed E-state index contributed by atoms with van der Waals surface area (Å²) in [4.78, 5) is 22.4. The van der Waals surface area contributed by atoms with E-state index in [1.807, 2.05) is 42.5 Å². The highest BCUT2D eigenvalue weighted by Gasteiger charge is 2.23. The van der Waals surface area contributed by atoms with Gasteiger partial charge in [0.2, 0.25) is 0 Å². The summed E-state index contributed by atoms with van der Waals surface area (Å²) >= 11 is 1.67. The number of aromatic nitrogens is 1. The number of piperazine rings is 1. The molecule has 150 valence electrons. The van der Waals surface area contributed by atoms with E-state index in [0.717, 1.165) is 59.3 Å². The highest BCUT2D eigenvalue weighted by Crippen LogP contribution is 2.33. The molecule has 5 rings (SSSR count). The van der Waals surface area contributed by atoms with Crippen LogP contribution in [0.2, 0.25) is 0 Å². The van der Waals surface area contributed by atoms with Crippen LogP contribution < -0.4 is 15.0 Å². The number of likely N-dealkylation sites (N-methyl/N-ethyl adjacent to an activating group) is 1. The number of amides is 1. The molecule has 1 N–H and O–H groups in total. The normalized spacial score (nSPS) is 19.6. The van der Waals surface area contributed by atoms with Crippen LogP contribution in [0.1, 0.15) is 28.4 Å². The van der Waals surface area contributed by atoms with E-state index in [0.29, 0.717) is 12.2 Å². The van der Waals surface area contributed by atoms with E-state index in [2.05, 4.69) is 22.2 Å². The Morgan fingerprint density at radius 2 is 2.00 bits per heavy atom. The predicted octanol–water partition coefficient (Wildman–Crippen LogP) is 3.30. The molecule has 2 aromatic carbocycles. The van der Waals surface area contributed by atoms with Crippen molar-refractivity contribution < 1.29 is 9.53 Å². The summed E-state index contributed by atoms with van der Waals surface area (Å²) in [7, 11) is 2.15. The number of carbonyl (C=O) groups is 1. The maximum absolute atomic E-state index is 12.9. The van der Waals surface area contributed by atoms with Crippen molar-refractivity contribution in [1.29, 1.82) is 0 Å². The molecule has 1 atom stereocenters. The van der Waals surface area contributed by atoms with Crippen LogP contribution in [0.15, 0.2) is 42.5 Å². The molecule has 0 bridgehead atoms. The summed E-state index contributed by atoms with van der Waals surface area (Å²) in [6.45, 7) is 4.70. The van der Waals surface area contributed by atoms with Crippen molar-refractivity contribution in [2.24, 2.45) is 0 Å². The summed E-state index contributed by atoms with van der Waals surface area (Å²) in [5.74, 6) is 0.807. The van der Waals surface area contributed by atoms with Crippen molar-refractivity contribution in [3.8, 4) is 5.75 Å². The molecule has 3 heterocycles. The Morgan fingerprint density at radius 1 is 1.17 bits per heavy atom. The lowest BCUT2D eigenvalue weighted by atomic mass is 10.00. The van der Waals surface area contributed by atoms with Gasteiger partial charge in [-0.3, -0.25) is 4.79 Å². The molecule has 1 saturated heterocycles. The fourth-order valence-electron chi connectivity index (χ4n) is 3.92. The van der Waals surface area contributed by atoms with Gasteiger partial charge in [-0.05, 0) is 31.3 Å². The first-order valence-corrected chi connectivity index (χ1v) is 10.9. The van der Waals surface area contributed by atoms with Gasteiger partial charge in [0.1, 0.15) is 5.75 Å². The average Bonchev–Trinajstić information content (AvgIpc) is 3.18. The Labute approximate surface area is 174 Å². The Morgan fingerprint density at radius 3 is 2.86 bits per heavy atom. The smallest absolute Gasteiger partial charge is 0.251 e. The monoisotopic (exact) mass is 408 g/mol. The minimum absolute atomic E-state index is 0.0227. The topological polar surface area (TPSA) is 57.7 Å². The van der Waals surface area contributed by atoms with Crippen LogP contribution in [0, 0.1) is 0 Å². The number of nitrogens with zero attached hydrogens (tertiary/aromatic N) is 3. The molecule has 0 radical (unpaired) electrons. The number of para-hydroxylation sites is 1. The summed E-state index contributed by atoms with van der Waals surface area (Å²) in [6.07, 6.45) is 0.777. The third kappa shape index (κ3) is 3.68. The number of benzene rings is 2. The maximum Gasteiger partial charge on any atom is 0.251 e. The summed E-state index contributed by atoms with van der Waals surface area (Å²) in [5, 5.41) is 4.23. The van der Waals surface area contributed by atoms with Gasteiger partial charge in [-0.2, -0.15) is 0 Å². The van der Waals surface area contributed by atoms with E-state index in [9.17, 15) is 4.79 Å². The van der Waals surface area contributed by atoms with E-state index in [-0.39, 0.29) is 11.9 Å². The number of nitrogens with one attached hydrogen (secondary N) is 1. The second kappa shape index (κ2) is 7.65. The molecule has 1 aromatic heterocycles. The van der Waals surface area contributed by atoms with Crippen molar-refractivity contribution in [3.05, 3.63) is 53.6 Å². The molecule has 1 amide bonds. The number of carbonyl (C=O) groups excluding carboxylic acids is 1.